The van der Waals surface area contributed by atoms with Gasteiger partial charge in [-0.25, -0.2) is 4.39 Å². The van der Waals surface area contributed by atoms with E-state index in [2.05, 4.69) is 5.32 Å². The summed E-state index contributed by atoms with van der Waals surface area (Å²) >= 11 is 5.91. The van der Waals surface area contributed by atoms with Crippen LogP contribution in [0.25, 0.3) is 0 Å². The van der Waals surface area contributed by atoms with E-state index in [1.807, 2.05) is 13.8 Å². The topological polar surface area (TPSA) is 21.3 Å². The molecule has 2 nitrogen and oxygen atoms in total. The van der Waals surface area contributed by atoms with Gasteiger partial charge in [-0.1, -0.05) is 17.7 Å². The third-order valence-electron chi connectivity index (χ3n) is 2.28. The van der Waals surface area contributed by atoms with E-state index in [0.29, 0.717) is 11.6 Å². The maximum Gasteiger partial charge on any atom is 0.124 e. The number of ether oxygens (including phenoxy) is 1. The van der Waals surface area contributed by atoms with E-state index in [-0.39, 0.29) is 11.9 Å². The Bertz CT molecular complexity index is 344. The maximum absolute atomic E-state index is 12.8. The van der Waals surface area contributed by atoms with E-state index in [1.165, 1.54) is 12.1 Å². The molecule has 1 rings (SSSR count). The van der Waals surface area contributed by atoms with Crippen molar-refractivity contribution in [3.63, 3.8) is 0 Å². The van der Waals surface area contributed by atoms with Crippen LogP contribution in [0.5, 0.6) is 0 Å². The van der Waals surface area contributed by atoms with Crippen LogP contribution in [-0.4, -0.2) is 19.3 Å². The number of hydrogen-bond acceptors (Lipinski definition) is 2. The highest BCUT2D eigenvalue weighted by atomic mass is 35.5. The first-order chi connectivity index (χ1) is 8.09. The van der Waals surface area contributed by atoms with Crippen LogP contribution in [0, 0.1) is 5.82 Å². The molecule has 17 heavy (non-hydrogen) atoms. The summed E-state index contributed by atoms with van der Waals surface area (Å²) in [5, 5.41) is 3.72. The van der Waals surface area contributed by atoms with Gasteiger partial charge in [-0.05, 0) is 44.5 Å². The summed E-state index contributed by atoms with van der Waals surface area (Å²) in [4.78, 5) is 0. The van der Waals surface area contributed by atoms with Gasteiger partial charge in [0.25, 0.3) is 0 Å². The normalized spacial score (nSPS) is 11.1. The van der Waals surface area contributed by atoms with Crippen molar-refractivity contribution >= 4 is 11.6 Å². The summed E-state index contributed by atoms with van der Waals surface area (Å²) in [5.41, 5.74) is 0.915. The highest BCUT2D eigenvalue weighted by Gasteiger charge is 2.01. The summed E-state index contributed by atoms with van der Waals surface area (Å²) < 4.78 is 18.2. The van der Waals surface area contributed by atoms with Crippen molar-refractivity contribution in [1.82, 2.24) is 5.32 Å². The molecule has 0 heterocycles. The second kappa shape index (κ2) is 7.64. The molecule has 4 heteroatoms. The molecule has 0 unspecified atom stereocenters. The lowest BCUT2D eigenvalue weighted by molar-refractivity contribution is 0.0770. The van der Waals surface area contributed by atoms with Gasteiger partial charge in [0, 0.05) is 18.2 Å². The molecule has 0 saturated heterocycles. The molecule has 0 aromatic heterocycles. The molecule has 1 aromatic rings. The zero-order chi connectivity index (χ0) is 12.7. The van der Waals surface area contributed by atoms with Crippen molar-refractivity contribution in [2.75, 3.05) is 13.2 Å². The Morgan fingerprint density at radius 2 is 2.18 bits per heavy atom. The molecule has 0 aliphatic rings. The largest absolute Gasteiger partial charge is 0.379 e. The molecular formula is C13H19ClFNO. The van der Waals surface area contributed by atoms with Gasteiger partial charge in [-0.3, -0.25) is 0 Å². The summed E-state index contributed by atoms with van der Waals surface area (Å²) in [5.74, 6) is -0.302. The van der Waals surface area contributed by atoms with Crippen LogP contribution in [0.1, 0.15) is 25.8 Å². The Morgan fingerprint density at radius 1 is 1.41 bits per heavy atom. The van der Waals surface area contributed by atoms with Crippen molar-refractivity contribution in [3.05, 3.63) is 34.6 Å². The minimum atomic E-state index is -0.302. The van der Waals surface area contributed by atoms with Gasteiger partial charge in [0.15, 0.2) is 0 Å². The molecule has 0 aliphatic carbocycles. The molecule has 1 N–H and O–H groups in total. The number of benzene rings is 1. The van der Waals surface area contributed by atoms with Crippen LogP contribution in [0.3, 0.4) is 0 Å². The SMILES string of the molecule is CC(C)OCCCNCc1ccc(F)cc1Cl. The minimum Gasteiger partial charge on any atom is -0.379 e. The van der Waals surface area contributed by atoms with Crippen molar-refractivity contribution < 1.29 is 9.13 Å². The Hall–Kier alpha value is -0.640. The van der Waals surface area contributed by atoms with Crippen LogP contribution >= 0.6 is 11.6 Å². The lowest BCUT2D eigenvalue weighted by atomic mass is 10.2. The number of rotatable bonds is 7. The lowest BCUT2D eigenvalue weighted by Crippen LogP contribution is -2.17. The number of halogens is 2. The predicted molar refractivity (Wildman–Crippen MR) is 68.8 cm³/mol. The molecule has 0 aliphatic heterocycles. The fraction of sp³-hybridized carbons (Fsp3) is 0.538. The molecule has 0 spiro atoms. The predicted octanol–water partition coefficient (Wildman–Crippen LogP) is 3.38. The zero-order valence-corrected chi connectivity index (χ0v) is 11.1. The molecule has 0 bridgehead atoms. The average Bonchev–Trinajstić information content (AvgIpc) is 2.25. The Balaban J connectivity index is 2.18. The molecule has 0 radical (unpaired) electrons. The van der Waals surface area contributed by atoms with E-state index in [0.717, 1.165) is 25.1 Å². The van der Waals surface area contributed by atoms with E-state index < -0.39 is 0 Å². The number of hydrogen-bond donors (Lipinski definition) is 1. The van der Waals surface area contributed by atoms with Crippen LogP contribution in [-0.2, 0) is 11.3 Å². The Morgan fingerprint density at radius 3 is 2.82 bits per heavy atom. The van der Waals surface area contributed by atoms with Gasteiger partial charge >= 0.3 is 0 Å². The van der Waals surface area contributed by atoms with Gasteiger partial charge < -0.3 is 10.1 Å². The smallest absolute Gasteiger partial charge is 0.124 e. The van der Waals surface area contributed by atoms with Gasteiger partial charge in [0.1, 0.15) is 5.82 Å². The second-order valence-corrected chi connectivity index (χ2v) is 4.59. The molecule has 0 saturated carbocycles. The van der Waals surface area contributed by atoms with E-state index >= 15 is 0 Å². The van der Waals surface area contributed by atoms with Crippen molar-refractivity contribution in [1.29, 1.82) is 0 Å². The summed E-state index contributed by atoms with van der Waals surface area (Å²) in [6.07, 6.45) is 1.23. The fourth-order valence-electron chi connectivity index (χ4n) is 1.40. The van der Waals surface area contributed by atoms with Crippen LogP contribution in [0.4, 0.5) is 4.39 Å². The summed E-state index contributed by atoms with van der Waals surface area (Å²) in [7, 11) is 0. The highest BCUT2D eigenvalue weighted by molar-refractivity contribution is 6.31. The third kappa shape index (κ3) is 6.01. The fourth-order valence-corrected chi connectivity index (χ4v) is 1.64. The van der Waals surface area contributed by atoms with Gasteiger partial charge in [-0.2, -0.15) is 0 Å². The van der Waals surface area contributed by atoms with E-state index in [1.54, 1.807) is 6.07 Å². The van der Waals surface area contributed by atoms with Crippen LogP contribution in [0.2, 0.25) is 5.02 Å². The van der Waals surface area contributed by atoms with E-state index in [9.17, 15) is 4.39 Å². The monoisotopic (exact) mass is 259 g/mol. The van der Waals surface area contributed by atoms with Gasteiger partial charge in [-0.15, -0.1) is 0 Å². The first-order valence-electron chi connectivity index (χ1n) is 5.86. The number of nitrogens with one attached hydrogen (secondary N) is 1. The van der Waals surface area contributed by atoms with Gasteiger partial charge in [0.2, 0.25) is 0 Å². The zero-order valence-electron chi connectivity index (χ0n) is 10.3. The average molecular weight is 260 g/mol. The van der Waals surface area contributed by atoms with Crippen LogP contribution < -0.4 is 5.32 Å². The first-order valence-corrected chi connectivity index (χ1v) is 6.23. The van der Waals surface area contributed by atoms with Crippen molar-refractivity contribution in [2.45, 2.75) is 32.9 Å². The quantitative estimate of drug-likeness (QED) is 0.758. The second-order valence-electron chi connectivity index (χ2n) is 4.19. The third-order valence-corrected chi connectivity index (χ3v) is 2.63. The molecule has 96 valence electrons. The maximum atomic E-state index is 12.8. The highest BCUT2D eigenvalue weighted by Crippen LogP contribution is 2.16. The van der Waals surface area contributed by atoms with E-state index in [4.69, 9.17) is 16.3 Å². The Labute approximate surface area is 107 Å². The van der Waals surface area contributed by atoms with Crippen molar-refractivity contribution in [2.24, 2.45) is 0 Å². The molecule has 1 aromatic carbocycles. The first kappa shape index (κ1) is 14.4. The minimum absolute atomic E-state index is 0.279. The van der Waals surface area contributed by atoms with Crippen molar-refractivity contribution in [3.8, 4) is 0 Å². The summed E-state index contributed by atoms with van der Waals surface area (Å²) in [6, 6.07) is 4.46. The molecule has 0 fully saturated rings. The Kier molecular flexibility index (Phi) is 6.48. The molecule has 0 atom stereocenters. The standard InChI is InChI=1S/C13H19ClFNO/c1-10(2)17-7-3-6-16-9-11-4-5-12(15)8-13(11)14/h4-5,8,10,16H,3,6-7,9H2,1-2H3. The molecular weight excluding hydrogens is 241 g/mol. The molecule has 0 amide bonds. The summed E-state index contributed by atoms with van der Waals surface area (Å²) in [6.45, 7) is 6.31. The lowest BCUT2D eigenvalue weighted by Gasteiger charge is -2.09. The van der Waals surface area contributed by atoms with Gasteiger partial charge in [0.05, 0.1) is 6.10 Å². The van der Waals surface area contributed by atoms with Crippen LogP contribution in [0.15, 0.2) is 18.2 Å².